The van der Waals surface area contributed by atoms with Gasteiger partial charge >= 0.3 is 0 Å². The Morgan fingerprint density at radius 1 is 1.37 bits per heavy atom. The van der Waals surface area contributed by atoms with Gasteiger partial charge in [0.1, 0.15) is 0 Å². The third-order valence-electron chi connectivity index (χ3n) is 2.83. The molecule has 2 aromatic rings. The zero-order chi connectivity index (χ0) is 12.2. The van der Waals surface area contributed by atoms with Gasteiger partial charge in [-0.15, -0.1) is 12.4 Å². The van der Waals surface area contributed by atoms with Crippen LogP contribution < -0.4 is 5.32 Å². The summed E-state index contributed by atoms with van der Waals surface area (Å²) in [5, 5.41) is 7.46. The quantitative estimate of drug-likeness (QED) is 0.932. The van der Waals surface area contributed by atoms with E-state index < -0.39 is 0 Å². The van der Waals surface area contributed by atoms with Crippen LogP contribution in [0, 0.1) is 0 Å². The van der Waals surface area contributed by atoms with Crippen molar-refractivity contribution >= 4 is 24.2 Å². The Kier molecular flexibility index (Phi) is 5.18. The number of aromatic nitrogens is 3. The highest BCUT2D eigenvalue weighted by atomic mass is 35.5. The molecule has 1 unspecified atom stereocenters. The van der Waals surface area contributed by atoms with Gasteiger partial charge in [-0.3, -0.25) is 4.98 Å². The maximum Gasteiger partial charge on any atom is 0.228 e. The van der Waals surface area contributed by atoms with E-state index in [9.17, 15) is 0 Å². The van der Waals surface area contributed by atoms with Gasteiger partial charge in [0.2, 0.25) is 11.7 Å². The first kappa shape index (κ1) is 14.3. The van der Waals surface area contributed by atoms with Gasteiger partial charge in [0.05, 0.1) is 0 Å². The van der Waals surface area contributed by atoms with Crippen molar-refractivity contribution in [1.29, 1.82) is 0 Å². The fourth-order valence-electron chi connectivity index (χ4n) is 1.92. The van der Waals surface area contributed by atoms with Crippen LogP contribution in [-0.2, 0) is 6.42 Å². The second-order valence-corrected chi connectivity index (χ2v) is 5.33. The number of nitrogens with zero attached hydrogens (tertiary/aromatic N) is 3. The van der Waals surface area contributed by atoms with Gasteiger partial charge < -0.3 is 9.84 Å². The van der Waals surface area contributed by atoms with Crippen molar-refractivity contribution in [2.24, 2.45) is 0 Å². The Morgan fingerprint density at radius 3 is 2.95 bits per heavy atom. The molecule has 19 heavy (non-hydrogen) atoms. The largest absolute Gasteiger partial charge is 0.339 e. The van der Waals surface area contributed by atoms with Gasteiger partial charge in [0.25, 0.3) is 0 Å². The Hall–Kier alpha value is -1.11. The number of pyridine rings is 1. The Morgan fingerprint density at radius 2 is 2.21 bits per heavy atom. The van der Waals surface area contributed by atoms with Crippen LogP contribution in [0.5, 0.6) is 0 Å². The second-order valence-electron chi connectivity index (χ2n) is 4.18. The van der Waals surface area contributed by atoms with E-state index in [1.165, 1.54) is 5.75 Å². The van der Waals surface area contributed by atoms with E-state index in [2.05, 4.69) is 20.4 Å². The molecule has 0 bridgehead atoms. The Balaban J connectivity index is 0.00000133. The molecular weight excluding hydrogens is 284 g/mol. The van der Waals surface area contributed by atoms with Crippen LogP contribution >= 0.6 is 24.2 Å². The van der Waals surface area contributed by atoms with Gasteiger partial charge in [0, 0.05) is 48.5 Å². The van der Waals surface area contributed by atoms with Crippen molar-refractivity contribution in [2.75, 3.05) is 18.1 Å². The van der Waals surface area contributed by atoms with Gasteiger partial charge in [-0.25, -0.2) is 0 Å². The number of nitrogens with one attached hydrogen (secondary N) is 1. The molecule has 1 atom stereocenters. The van der Waals surface area contributed by atoms with Gasteiger partial charge in [-0.2, -0.15) is 16.7 Å². The van der Waals surface area contributed by atoms with E-state index in [0.29, 0.717) is 17.8 Å². The second kappa shape index (κ2) is 6.88. The van der Waals surface area contributed by atoms with Crippen LogP contribution in [0.2, 0.25) is 0 Å². The maximum atomic E-state index is 5.29. The van der Waals surface area contributed by atoms with Crippen molar-refractivity contribution in [3.05, 3.63) is 30.4 Å². The molecule has 2 aromatic heterocycles. The lowest BCUT2D eigenvalue weighted by atomic mass is 10.2. The average Bonchev–Trinajstić information content (AvgIpc) is 2.89. The minimum Gasteiger partial charge on any atom is -0.339 e. The lowest BCUT2D eigenvalue weighted by Gasteiger charge is -2.21. The summed E-state index contributed by atoms with van der Waals surface area (Å²) in [5.41, 5.74) is 0.936. The standard InChI is InChI=1S/C12H14N4OS.ClH/c1-3-13-4-2-9(1)12-15-11(17-16-12)7-10-8-18-6-5-14-10;/h1-4,10,14H,5-8H2;1H. The summed E-state index contributed by atoms with van der Waals surface area (Å²) < 4.78 is 5.29. The third-order valence-corrected chi connectivity index (χ3v) is 3.96. The topological polar surface area (TPSA) is 63.8 Å². The molecule has 0 aliphatic carbocycles. The molecule has 102 valence electrons. The van der Waals surface area contributed by atoms with Gasteiger partial charge in [0.15, 0.2) is 0 Å². The maximum absolute atomic E-state index is 5.29. The molecule has 1 saturated heterocycles. The fraction of sp³-hybridized carbons (Fsp3) is 0.417. The molecule has 1 aliphatic rings. The number of hydrogen-bond acceptors (Lipinski definition) is 6. The lowest BCUT2D eigenvalue weighted by Crippen LogP contribution is -2.38. The van der Waals surface area contributed by atoms with Crippen LogP contribution in [0.1, 0.15) is 5.89 Å². The molecule has 0 amide bonds. The predicted molar refractivity (Wildman–Crippen MR) is 77.6 cm³/mol. The smallest absolute Gasteiger partial charge is 0.228 e. The summed E-state index contributed by atoms with van der Waals surface area (Å²) in [4.78, 5) is 8.39. The van der Waals surface area contributed by atoms with Crippen LogP contribution in [-0.4, -0.2) is 39.2 Å². The van der Waals surface area contributed by atoms with Crippen molar-refractivity contribution in [3.63, 3.8) is 0 Å². The monoisotopic (exact) mass is 298 g/mol. The average molecular weight is 299 g/mol. The van der Waals surface area contributed by atoms with Crippen molar-refractivity contribution < 1.29 is 4.52 Å². The molecule has 0 spiro atoms. The van der Waals surface area contributed by atoms with Gasteiger partial charge in [-0.1, -0.05) is 5.16 Å². The molecule has 1 aliphatic heterocycles. The molecule has 5 nitrogen and oxygen atoms in total. The third kappa shape index (κ3) is 3.68. The molecule has 3 rings (SSSR count). The summed E-state index contributed by atoms with van der Waals surface area (Å²) in [6, 6.07) is 4.20. The first-order valence-corrected chi connectivity index (χ1v) is 7.11. The molecule has 0 radical (unpaired) electrons. The van der Waals surface area contributed by atoms with E-state index in [4.69, 9.17) is 4.52 Å². The number of halogens is 1. The minimum atomic E-state index is 0. The SMILES string of the molecule is Cl.c1cc(-c2noc(CC3CSCCN3)n2)ccn1. The van der Waals surface area contributed by atoms with Gasteiger partial charge in [-0.05, 0) is 12.1 Å². The van der Waals surface area contributed by atoms with E-state index in [1.54, 1.807) is 12.4 Å². The normalized spacial score (nSPS) is 18.8. The molecule has 1 N–H and O–H groups in total. The Bertz CT molecular complexity index is 501. The number of rotatable bonds is 3. The molecule has 1 fully saturated rings. The first-order valence-electron chi connectivity index (χ1n) is 5.96. The van der Waals surface area contributed by atoms with Crippen LogP contribution in [0.15, 0.2) is 29.0 Å². The summed E-state index contributed by atoms with van der Waals surface area (Å²) in [5.74, 6) is 3.62. The van der Waals surface area contributed by atoms with Crippen molar-refractivity contribution in [2.45, 2.75) is 12.5 Å². The van der Waals surface area contributed by atoms with Crippen molar-refractivity contribution in [3.8, 4) is 11.4 Å². The number of hydrogen-bond donors (Lipinski definition) is 1. The summed E-state index contributed by atoms with van der Waals surface area (Å²) in [7, 11) is 0. The zero-order valence-corrected chi connectivity index (χ0v) is 11.9. The highest BCUT2D eigenvalue weighted by Crippen LogP contribution is 2.16. The molecule has 0 aromatic carbocycles. The van der Waals surface area contributed by atoms with E-state index in [-0.39, 0.29) is 12.4 Å². The van der Waals surface area contributed by atoms with Crippen LogP contribution in [0.3, 0.4) is 0 Å². The molecular formula is C12H15ClN4OS. The molecule has 0 saturated carbocycles. The summed E-state index contributed by atoms with van der Waals surface area (Å²) in [6.45, 7) is 1.06. The Labute approximate surface area is 122 Å². The molecule has 3 heterocycles. The van der Waals surface area contributed by atoms with E-state index in [1.807, 2.05) is 23.9 Å². The van der Waals surface area contributed by atoms with E-state index >= 15 is 0 Å². The van der Waals surface area contributed by atoms with Crippen molar-refractivity contribution in [1.82, 2.24) is 20.4 Å². The predicted octanol–water partition coefficient (Wildman–Crippen LogP) is 1.80. The summed E-state index contributed by atoms with van der Waals surface area (Å²) in [6.07, 6.45) is 4.25. The summed E-state index contributed by atoms with van der Waals surface area (Å²) >= 11 is 1.96. The highest BCUT2D eigenvalue weighted by Gasteiger charge is 2.17. The molecule has 7 heteroatoms. The minimum absolute atomic E-state index is 0. The van der Waals surface area contributed by atoms with E-state index in [0.717, 1.165) is 24.3 Å². The first-order chi connectivity index (χ1) is 8.92. The van der Waals surface area contributed by atoms with Crippen LogP contribution in [0.4, 0.5) is 0 Å². The lowest BCUT2D eigenvalue weighted by molar-refractivity contribution is 0.363. The van der Waals surface area contributed by atoms with Crippen LogP contribution in [0.25, 0.3) is 11.4 Å². The number of thioether (sulfide) groups is 1. The fourth-order valence-corrected chi connectivity index (χ4v) is 2.87. The highest BCUT2D eigenvalue weighted by molar-refractivity contribution is 7.99. The zero-order valence-electron chi connectivity index (χ0n) is 10.3.